The molecule has 1 aliphatic rings. The highest BCUT2D eigenvalue weighted by atomic mass is 16.4. The summed E-state index contributed by atoms with van der Waals surface area (Å²) in [6, 6.07) is 0. The van der Waals surface area contributed by atoms with Crippen LogP contribution in [0.5, 0.6) is 0 Å². The Balaban J connectivity index is 1.87. The lowest BCUT2D eigenvalue weighted by molar-refractivity contribution is -0.141. The number of carbonyl (C=O) groups excluding carboxylic acids is 1. The Labute approximate surface area is 91.7 Å². The van der Waals surface area contributed by atoms with Gasteiger partial charge in [0.1, 0.15) is 0 Å². The highest BCUT2D eigenvalue weighted by Gasteiger charge is 2.33. The number of nitrogens with zero attached hydrogens (tertiary/aromatic N) is 4. The lowest BCUT2D eigenvalue weighted by atomic mass is 10.1. The van der Waals surface area contributed by atoms with Crippen LogP contribution in [-0.2, 0) is 16.1 Å². The van der Waals surface area contributed by atoms with Gasteiger partial charge < -0.3 is 10.0 Å². The molecule has 1 aromatic heterocycles. The van der Waals surface area contributed by atoms with Gasteiger partial charge in [-0.3, -0.25) is 14.3 Å². The highest BCUT2D eigenvalue weighted by Crippen LogP contribution is 2.17. The maximum atomic E-state index is 11.5. The van der Waals surface area contributed by atoms with Crippen LogP contribution in [0.1, 0.15) is 6.42 Å². The van der Waals surface area contributed by atoms with Gasteiger partial charge in [0.25, 0.3) is 0 Å². The standard InChI is InChI=1S/C9H12N4O3/c14-8-5-7(9(15)16)6-12(8)3-4-13-2-1-10-11-13/h1-2,7H,3-6H2,(H,15,16). The minimum Gasteiger partial charge on any atom is -0.481 e. The largest absolute Gasteiger partial charge is 0.481 e. The number of rotatable bonds is 4. The SMILES string of the molecule is O=C(O)C1CC(=O)N(CCn2ccnn2)C1. The van der Waals surface area contributed by atoms with Gasteiger partial charge in [0, 0.05) is 25.7 Å². The maximum absolute atomic E-state index is 11.5. The second-order valence-electron chi connectivity index (χ2n) is 3.75. The summed E-state index contributed by atoms with van der Waals surface area (Å²) in [6.45, 7) is 1.31. The zero-order chi connectivity index (χ0) is 11.5. The van der Waals surface area contributed by atoms with E-state index in [9.17, 15) is 9.59 Å². The Kier molecular flexibility index (Phi) is 2.84. The summed E-state index contributed by atoms with van der Waals surface area (Å²) in [6.07, 6.45) is 3.37. The van der Waals surface area contributed by atoms with E-state index in [1.807, 2.05) is 0 Å². The van der Waals surface area contributed by atoms with Crippen molar-refractivity contribution in [3.05, 3.63) is 12.4 Å². The van der Waals surface area contributed by atoms with Crippen LogP contribution < -0.4 is 0 Å². The van der Waals surface area contributed by atoms with Gasteiger partial charge in [-0.15, -0.1) is 5.10 Å². The number of aromatic nitrogens is 3. The molecule has 1 fully saturated rings. The Bertz CT molecular complexity index is 389. The van der Waals surface area contributed by atoms with Gasteiger partial charge in [-0.25, -0.2) is 0 Å². The molecule has 0 radical (unpaired) electrons. The third kappa shape index (κ3) is 2.18. The molecule has 0 saturated carbocycles. The van der Waals surface area contributed by atoms with E-state index in [1.165, 1.54) is 0 Å². The van der Waals surface area contributed by atoms with Gasteiger partial charge in [0.2, 0.25) is 5.91 Å². The molecule has 1 saturated heterocycles. The van der Waals surface area contributed by atoms with Crippen molar-refractivity contribution in [2.24, 2.45) is 5.92 Å². The molecular formula is C9H12N4O3. The zero-order valence-electron chi connectivity index (χ0n) is 8.61. The summed E-state index contributed by atoms with van der Waals surface area (Å²) in [4.78, 5) is 23.7. The summed E-state index contributed by atoms with van der Waals surface area (Å²) in [5.41, 5.74) is 0. The first-order valence-electron chi connectivity index (χ1n) is 5.01. The second kappa shape index (κ2) is 4.30. The minimum atomic E-state index is -0.906. The van der Waals surface area contributed by atoms with Crippen LogP contribution >= 0.6 is 0 Å². The molecule has 1 unspecified atom stereocenters. The number of carboxylic acids is 1. The van der Waals surface area contributed by atoms with Crippen LogP contribution in [-0.4, -0.2) is 50.0 Å². The number of aliphatic carboxylic acids is 1. The summed E-state index contributed by atoms with van der Waals surface area (Å²) in [5, 5.41) is 16.2. The number of carboxylic acid groups (broad SMARTS) is 1. The van der Waals surface area contributed by atoms with Crippen molar-refractivity contribution < 1.29 is 14.7 Å². The molecule has 0 spiro atoms. The number of carbonyl (C=O) groups is 2. The fourth-order valence-corrected chi connectivity index (χ4v) is 1.73. The summed E-state index contributed by atoms with van der Waals surface area (Å²) >= 11 is 0. The van der Waals surface area contributed by atoms with Gasteiger partial charge in [-0.2, -0.15) is 0 Å². The molecule has 1 amide bonds. The van der Waals surface area contributed by atoms with E-state index in [-0.39, 0.29) is 12.3 Å². The Morgan fingerprint density at radius 2 is 2.38 bits per heavy atom. The maximum Gasteiger partial charge on any atom is 0.308 e. The molecular weight excluding hydrogens is 212 g/mol. The first-order chi connectivity index (χ1) is 7.66. The molecule has 7 heteroatoms. The summed E-state index contributed by atoms with van der Waals surface area (Å²) in [5.74, 6) is -1.58. The second-order valence-corrected chi connectivity index (χ2v) is 3.75. The van der Waals surface area contributed by atoms with Crippen LogP contribution in [0, 0.1) is 5.92 Å². The smallest absolute Gasteiger partial charge is 0.308 e. The third-order valence-electron chi connectivity index (χ3n) is 2.63. The molecule has 16 heavy (non-hydrogen) atoms. The molecule has 1 aliphatic heterocycles. The van der Waals surface area contributed by atoms with Crippen LogP contribution in [0.4, 0.5) is 0 Å². The molecule has 1 atom stereocenters. The van der Waals surface area contributed by atoms with E-state index < -0.39 is 11.9 Å². The van der Waals surface area contributed by atoms with Gasteiger partial charge in [0.05, 0.1) is 18.7 Å². The Hall–Kier alpha value is -1.92. The molecule has 0 aliphatic carbocycles. The van der Waals surface area contributed by atoms with E-state index in [2.05, 4.69) is 10.3 Å². The first-order valence-corrected chi connectivity index (χ1v) is 5.01. The lowest BCUT2D eigenvalue weighted by Crippen LogP contribution is -2.30. The number of likely N-dealkylation sites (tertiary alicyclic amines) is 1. The average Bonchev–Trinajstić information content (AvgIpc) is 2.84. The third-order valence-corrected chi connectivity index (χ3v) is 2.63. The van der Waals surface area contributed by atoms with Crippen LogP contribution in [0.25, 0.3) is 0 Å². The predicted molar refractivity (Wildman–Crippen MR) is 52.3 cm³/mol. The summed E-state index contributed by atoms with van der Waals surface area (Å²) < 4.78 is 1.61. The van der Waals surface area contributed by atoms with Crippen molar-refractivity contribution in [2.75, 3.05) is 13.1 Å². The minimum absolute atomic E-state index is 0.104. The van der Waals surface area contributed by atoms with Crippen LogP contribution in [0.15, 0.2) is 12.4 Å². The molecule has 2 rings (SSSR count). The van der Waals surface area contributed by atoms with Crippen LogP contribution in [0.3, 0.4) is 0 Å². The molecule has 2 heterocycles. The predicted octanol–water partition coefficient (Wildman–Crippen LogP) is -0.789. The molecule has 1 N–H and O–H groups in total. The van der Waals surface area contributed by atoms with E-state index in [0.29, 0.717) is 19.6 Å². The fourth-order valence-electron chi connectivity index (χ4n) is 1.73. The number of hydrogen-bond donors (Lipinski definition) is 1. The van der Waals surface area contributed by atoms with Crippen molar-refractivity contribution in [3.8, 4) is 0 Å². The average molecular weight is 224 g/mol. The quantitative estimate of drug-likeness (QED) is 0.724. The molecule has 0 aromatic carbocycles. The van der Waals surface area contributed by atoms with E-state index >= 15 is 0 Å². The number of amides is 1. The Morgan fingerprint density at radius 1 is 1.56 bits per heavy atom. The monoisotopic (exact) mass is 224 g/mol. The fraction of sp³-hybridized carbons (Fsp3) is 0.556. The topological polar surface area (TPSA) is 88.3 Å². The van der Waals surface area contributed by atoms with Crippen molar-refractivity contribution in [2.45, 2.75) is 13.0 Å². The van der Waals surface area contributed by atoms with Gasteiger partial charge in [-0.1, -0.05) is 5.21 Å². The summed E-state index contributed by atoms with van der Waals surface area (Å²) in [7, 11) is 0. The number of hydrogen-bond acceptors (Lipinski definition) is 4. The normalized spacial score (nSPS) is 20.4. The van der Waals surface area contributed by atoms with Gasteiger partial charge in [-0.05, 0) is 0 Å². The van der Waals surface area contributed by atoms with Crippen molar-refractivity contribution in [1.82, 2.24) is 19.9 Å². The molecule has 86 valence electrons. The Morgan fingerprint density at radius 3 is 2.94 bits per heavy atom. The highest BCUT2D eigenvalue weighted by molar-refractivity contribution is 5.86. The van der Waals surface area contributed by atoms with Crippen molar-refractivity contribution >= 4 is 11.9 Å². The zero-order valence-corrected chi connectivity index (χ0v) is 8.61. The lowest BCUT2D eigenvalue weighted by Gasteiger charge is -2.15. The molecule has 0 bridgehead atoms. The van der Waals surface area contributed by atoms with E-state index in [4.69, 9.17) is 5.11 Å². The van der Waals surface area contributed by atoms with Crippen LogP contribution in [0.2, 0.25) is 0 Å². The van der Waals surface area contributed by atoms with E-state index in [1.54, 1.807) is 22.0 Å². The van der Waals surface area contributed by atoms with Crippen molar-refractivity contribution in [3.63, 3.8) is 0 Å². The van der Waals surface area contributed by atoms with Gasteiger partial charge >= 0.3 is 5.97 Å². The molecule has 7 nitrogen and oxygen atoms in total. The van der Waals surface area contributed by atoms with Gasteiger partial charge in [0.15, 0.2) is 0 Å². The molecule has 1 aromatic rings. The van der Waals surface area contributed by atoms with E-state index in [0.717, 1.165) is 0 Å². The first kappa shape index (κ1) is 10.6. The van der Waals surface area contributed by atoms with Crippen molar-refractivity contribution in [1.29, 1.82) is 0 Å².